The third kappa shape index (κ3) is 2.96. The molecule has 1 atom stereocenters. The molecule has 2 heteroatoms. The fourth-order valence-corrected chi connectivity index (χ4v) is 3.67. The van der Waals surface area contributed by atoms with Gasteiger partial charge in [-0.15, -0.1) is 0 Å². The molecule has 2 heterocycles. The Hall–Kier alpha value is -1.41. The third-order valence-corrected chi connectivity index (χ3v) is 4.89. The number of nitrogens with zero attached hydrogens (tertiary/aromatic N) is 2. The summed E-state index contributed by atoms with van der Waals surface area (Å²) in [7, 11) is 0. The minimum Gasteiger partial charge on any atom is -0.296 e. The number of benzene rings is 1. The fraction of sp³-hybridized carbons (Fsp3) is 0.526. The Labute approximate surface area is 128 Å². The van der Waals surface area contributed by atoms with Crippen molar-refractivity contribution < 1.29 is 0 Å². The van der Waals surface area contributed by atoms with Gasteiger partial charge in [0.05, 0.1) is 0 Å². The van der Waals surface area contributed by atoms with Crippen molar-refractivity contribution in [2.75, 3.05) is 6.54 Å². The molecule has 0 saturated carbocycles. The summed E-state index contributed by atoms with van der Waals surface area (Å²) in [6, 6.07) is 9.51. The molecule has 0 amide bonds. The maximum absolute atomic E-state index is 4.72. The van der Waals surface area contributed by atoms with Crippen LogP contribution >= 0.6 is 0 Å². The van der Waals surface area contributed by atoms with Crippen LogP contribution in [0.25, 0.3) is 10.8 Å². The van der Waals surface area contributed by atoms with Crippen molar-refractivity contribution in [2.45, 2.75) is 58.5 Å². The SMILES string of the molecule is CCc1ncc(CN2CCCCC2CC)c2ccccc12. The minimum absolute atomic E-state index is 0.753. The highest BCUT2D eigenvalue weighted by molar-refractivity contribution is 5.87. The Balaban J connectivity index is 1.93. The van der Waals surface area contributed by atoms with Gasteiger partial charge in [-0.25, -0.2) is 0 Å². The van der Waals surface area contributed by atoms with Crippen molar-refractivity contribution in [1.82, 2.24) is 9.88 Å². The average molecular weight is 282 g/mol. The monoisotopic (exact) mass is 282 g/mol. The van der Waals surface area contributed by atoms with E-state index < -0.39 is 0 Å². The summed E-state index contributed by atoms with van der Waals surface area (Å²) >= 11 is 0. The first-order chi connectivity index (χ1) is 10.3. The number of aryl methyl sites for hydroxylation is 1. The van der Waals surface area contributed by atoms with Gasteiger partial charge in [0.2, 0.25) is 0 Å². The molecule has 1 aliphatic rings. The van der Waals surface area contributed by atoms with Crippen LogP contribution < -0.4 is 0 Å². The number of rotatable bonds is 4. The highest BCUT2D eigenvalue weighted by Crippen LogP contribution is 2.26. The van der Waals surface area contributed by atoms with E-state index in [4.69, 9.17) is 4.98 Å². The summed E-state index contributed by atoms with van der Waals surface area (Å²) in [5.41, 5.74) is 2.61. The minimum atomic E-state index is 0.753. The van der Waals surface area contributed by atoms with Crippen molar-refractivity contribution in [3.8, 4) is 0 Å². The Morgan fingerprint density at radius 3 is 2.71 bits per heavy atom. The molecule has 0 aliphatic carbocycles. The summed E-state index contributed by atoms with van der Waals surface area (Å²) < 4.78 is 0. The Morgan fingerprint density at radius 2 is 1.95 bits per heavy atom. The molecular weight excluding hydrogens is 256 g/mol. The van der Waals surface area contributed by atoms with Gasteiger partial charge < -0.3 is 0 Å². The maximum Gasteiger partial charge on any atom is 0.0479 e. The van der Waals surface area contributed by atoms with Gasteiger partial charge in [0.1, 0.15) is 0 Å². The predicted molar refractivity (Wildman–Crippen MR) is 89.5 cm³/mol. The van der Waals surface area contributed by atoms with E-state index in [1.165, 1.54) is 54.3 Å². The Bertz CT molecular complexity index is 606. The van der Waals surface area contributed by atoms with Crippen molar-refractivity contribution >= 4 is 10.8 Å². The van der Waals surface area contributed by atoms with Crippen molar-refractivity contribution in [2.24, 2.45) is 0 Å². The quantitative estimate of drug-likeness (QED) is 0.817. The molecule has 2 nitrogen and oxygen atoms in total. The van der Waals surface area contributed by atoms with Crippen LogP contribution in [0.3, 0.4) is 0 Å². The third-order valence-electron chi connectivity index (χ3n) is 4.89. The van der Waals surface area contributed by atoms with Crippen LogP contribution in [0.15, 0.2) is 30.5 Å². The van der Waals surface area contributed by atoms with E-state index in [0.717, 1.165) is 19.0 Å². The lowest BCUT2D eigenvalue weighted by Crippen LogP contribution is -2.38. The molecule has 1 aromatic carbocycles. The summed E-state index contributed by atoms with van der Waals surface area (Å²) in [6.07, 6.45) is 8.47. The van der Waals surface area contributed by atoms with E-state index in [-0.39, 0.29) is 0 Å². The molecule has 21 heavy (non-hydrogen) atoms. The van der Waals surface area contributed by atoms with Gasteiger partial charge in [-0.3, -0.25) is 9.88 Å². The van der Waals surface area contributed by atoms with Crippen LogP contribution in [0.2, 0.25) is 0 Å². The van der Waals surface area contributed by atoms with Crippen LogP contribution in [-0.2, 0) is 13.0 Å². The fourth-order valence-electron chi connectivity index (χ4n) is 3.67. The summed E-state index contributed by atoms with van der Waals surface area (Å²) in [5.74, 6) is 0. The average Bonchev–Trinajstić information content (AvgIpc) is 2.55. The van der Waals surface area contributed by atoms with Gasteiger partial charge in [-0.2, -0.15) is 0 Å². The molecular formula is C19H26N2. The topological polar surface area (TPSA) is 16.1 Å². The van der Waals surface area contributed by atoms with E-state index in [1.807, 2.05) is 0 Å². The van der Waals surface area contributed by atoms with Crippen LogP contribution in [0.1, 0.15) is 50.8 Å². The Kier molecular flexibility index (Phi) is 4.54. The van der Waals surface area contributed by atoms with E-state index in [0.29, 0.717) is 0 Å². The number of pyridine rings is 1. The highest BCUT2D eigenvalue weighted by atomic mass is 15.2. The van der Waals surface area contributed by atoms with Crippen molar-refractivity contribution in [3.63, 3.8) is 0 Å². The lowest BCUT2D eigenvalue weighted by atomic mass is 9.98. The molecule has 112 valence electrons. The van der Waals surface area contributed by atoms with Gasteiger partial charge in [0, 0.05) is 29.9 Å². The van der Waals surface area contributed by atoms with Crippen molar-refractivity contribution in [1.29, 1.82) is 0 Å². The second-order valence-electron chi connectivity index (χ2n) is 6.16. The molecule has 1 unspecified atom stereocenters. The molecule has 2 aromatic rings. The summed E-state index contributed by atoms with van der Waals surface area (Å²) in [5, 5.41) is 2.73. The molecule has 1 fully saturated rings. The van der Waals surface area contributed by atoms with E-state index >= 15 is 0 Å². The largest absolute Gasteiger partial charge is 0.296 e. The molecule has 1 saturated heterocycles. The smallest absolute Gasteiger partial charge is 0.0479 e. The molecule has 0 radical (unpaired) electrons. The number of aromatic nitrogens is 1. The van der Waals surface area contributed by atoms with Gasteiger partial charge in [-0.05, 0) is 43.2 Å². The lowest BCUT2D eigenvalue weighted by Gasteiger charge is -2.35. The number of fused-ring (bicyclic) bond motifs is 1. The molecule has 1 aromatic heterocycles. The van der Waals surface area contributed by atoms with Gasteiger partial charge >= 0.3 is 0 Å². The second-order valence-corrected chi connectivity index (χ2v) is 6.16. The predicted octanol–water partition coefficient (Wildman–Crippen LogP) is 4.56. The maximum atomic E-state index is 4.72. The van der Waals surface area contributed by atoms with Gasteiger partial charge in [0.25, 0.3) is 0 Å². The molecule has 3 rings (SSSR count). The number of likely N-dealkylation sites (tertiary alicyclic amines) is 1. The van der Waals surface area contributed by atoms with Crippen LogP contribution in [-0.4, -0.2) is 22.5 Å². The van der Waals surface area contributed by atoms with Gasteiger partial charge in [-0.1, -0.05) is 44.5 Å². The first-order valence-electron chi connectivity index (χ1n) is 8.43. The Morgan fingerprint density at radius 1 is 1.14 bits per heavy atom. The first-order valence-corrected chi connectivity index (χ1v) is 8.43. The molecule has 0 bridgehead atoms. The normalized spacial score (nSPS) is 20.0. The number of hydrogen-bond donors (Lipinski definition) is 0. The zero-order valence-corrected chi connectivity index (χ0v) is 13.3. The molecule has 0 N–H and O–H groups in total. The summed E-state index contributed by atoms with van der Waals surface area (Å²) in [4.78, 5) is 7.38. The van der Waals surface area contributed by atoms with Crippen LogP contribution in [0.5, 0.6) is 0 Å². The number of hydrogen-bond acceptors (Lipinski definition) is 2. The zero-order chi connectivity index (χ0) is 14.7. The zero-order valence-electron chi connectivity index (χ0n) is 13.3. The van der Waals surface area contributed by atoms with Crippen molar-refractivity contribution in [3.05, 3.63) is 41.7 Å². The standard InChI is InChI=1S/C19H26N2/c1-3-16-9-7-8-12-21(16)14-15-13-20-19(4-2)18-11-6-5-10-17(15)18/h5-6,10-11,13,16H,3-4,7-9,12,14H2,1-2H3. The van der Waals surface area contributed by atoms with Crippen LogP contribution in [0.4, 0.5) is 0 Å². The van der Waals surface area contributed by atoms with E-state index in [9.17, 15) is 0 Å². The van der Waals surface area contributed by atoms with E-state index in [2.05, 4.69) is 49.2 Å². The molecule has 0 spiro atoms. The lowest BCUT2D eigenvalue weighted by molar-refractivity contribution is 0.136. The van der Waals surface area contributed by atoms with Crippen LogP contribution in [0, 0.1) is 0 Å². The first kappa shape index (κ1) is 14.5. The number of piperidine rings is 1. The highest BCUT2D eigenvalue weighted by Gasteiger charge is 2.21. The molecule has 1 aliphatic heterocycles. The second kappa shape index (κ2) is 6.57. The summed E-state index contributed by atoms with van der Waals surface area (Å²) in [6.45, 7) is 6.80. The van der Waals surface area contributed by atoms with E-state index in [1.54, 1.807) is 0 Å². The van der Waals surface area contributed by atoms with Gasteiger partial charge in [0.15, 0.2) is 0 Å².